The molecule has 1 aromatic carbocycles. The van der Waals surface area contributed by atoms with Crippen molar-refractivity contribution in [3.05, 3.63) is 24.0 Å². The first-order valence-electron chi connectivity index (χ1n) is 6.16. The number of hydrogen-bond acceptors (Lipinski definition) is 3. The van der Waals surface area contributed by atoms with E-state index in [0.717, 1.165) is 18.9 Å². The molecule has 2 atom stereocenters. The van der Waals surface area contributed by atoms with Crippen LogP contribution in [-0.4, -0.2) is 21.9 Å². The molecule has 2 unspecified atom stereocenters. The van der Waals surface area contributed by atoms with E-state index in [1.54, 1.807) is 0 Å². The molecule has 19 heavy (non-hydrogen) atoms. The summed E-state index contributed by atoms with van der Waals surface area (Å²) in [6.45, 7) is 3.93. The second-order valence-corrected chi connectivity index (χ2v) is 5.85. The lowest BCUT2D eigenvalue weighted by atomic mass is 10.2. The van der Waals surface area contributed by atoms with Crippen LogP contribution in [0, 0.1) is 5.82 Å². The number of hydrogen-bond donors (Lipinski definition) is 2. The third-order valence-electron chi connectivity index (χ3n) is 2.61. The minimum atomic E-state index is -1.56. The zero-order chi connectivity index (χ0) is 14.4. The van der Waals surface area contributed by atoms with E-state index in [1.165, 1.54) is 12.1 Å². The number of carbonyl (C=O) groups excluding carboxylic acids is 1. The normalized spacial score (nSPS) is 13.8. The Labute approximate surface area is 115 Å². The van der Waals surface area contributed by atoms with Gasteiger partial charge in [0, 0.05) is 6.04 Å². The fraction of sp³-hybridized carbons (Fsp3) is 0.462. The van der Waals surface area contributed by atoms with E-state index >= 15 is 0 Å². The molecule has 0 radical (unpaired) electrons. The third-order valence-corrected chi connectivity index (χ3v) is 4.00. The molecule has 6 heteroatoms. The number of nitrogen functional groups attached to an aromatic ring is 1. The van der Waals surface area contributed by atoms with Gasteiger partial charge in [-0.2, -0.15) is 0 Å². The lowest BCUT2D eigenvalue weighted by Crippen LogP contribution is -2.35. The van der Waals surface area contributed by atoms with Crippen LogP contribution in [0.5, 0.6) is 0 Å². The molecule has 1 rings (SSSR count). The zero-order valence-electron chi connectivity index (χ0n) is 11.1. The van der Waals surface area contributed by atoms with Crippen LogP contribution in [0.2, 0.25) is 0 Å². The fourth-order valence-corrected chi connectivity index (χ4v) is 2.76. The summed E-state index contributed by atoms with van der Waals surface area (Å²) in [6.07, 6.45) is 1.84. The number of anilines is 1. The Morgan fingerprint density at radius 3 is 2.79 bits per heavy atom. The Morgan fingerprint density at radius 1 is 1.53 bits per heavy atom. The van der Waals surface area contributed by atoms with Crippen LogP contribution in [-0.2, 0) is 15.6 Å². The molecule has 0 aliphatic rings. The number of nitrogens with two attached hydrogens (primary N) is 1. The highest BCUT2D eigenvalue weighted by molar-refractivity contribution is 7.86. The minimum Gasteiger partial charge on any atom is -0.398 e. The van der Waals surface area contributed by atoms with Crippen LogP contribution in [0.1, 0.15) is 26.7 Å². The van der Waals surface area contributed by atoms with Crippen molar-refractivity contribution in [2.45, 2.75) is 37.6 Å². The van der Waals surface area contributed by atoms with E-state index in [-0.39, 0.29) is 23.4 Å². The van der Waals surface area contributed by atoms with Crippen molar-refractivity contribution in [3.63, 3.8) is 0 Å². The van der Waals surface area contributed by atoms with Gasteiger partial charge in [-0.25, -0.2) is 4.39 Å². The number of carbonyl (C=O) groups is 1. The molecular weight excluding hydrogens is 267 g/mol. The van der Waals surface area contributed by atoms with Gasteiger partial charge in [0.15, 0.2) is 0 Å². The number of rotatable bonds is 6. The first-order chi connectivity index (χ1) is 8.93. The van der Waals surface area contributed by atoms with E-state index < -0.39 is 16.6 Å². The van der Waals surface area contributed by atoms with Gasteiger partial charge in [0.1, 0.15) is 11.6 Å². The van der Waals surface area contributed by atoms with Crippen molar-refractivity contribution < 1.29 is 13.4 Å². The van der Waals surface area contributed by atoms with Crippen LogP contribution in [0.4, 0.5) is 10.1 Å². The SMILES string of the molecule is CCCC(C)NC(=O)CS(=O)c1ccc(F)cc1N. The lowest BCUT2D eigenvalue weighted by molar-refractivity contribution is -0.119. The topological polar surface area (TPSA) is 72.2 Å². The molecule has 3 N–H and O–H groups in total. The Morgan fingerprint density at radius 2 is 2.21 bits per heavy atom. The predicted molar refractivity (Wildman–Crippen MR) is 74.6 cm³/mol. The Bertz CT molecular complexity index is 480. The maximum atomic E-state index is 12.9. The number of halogens is 1. The third kappa shape index (κ3) is 4.98. The molecule has 0 aliphatic carbocycles. The van der Waals surface area contributed by atoms with Gasteiger partial charge < -0.3 is 11.1 Å². The number of amides is 1. The number of benzene rings is 1. The van der Waals surface area contributed by atoms with Gasteiger partial charge in [0.05, 0.1) is 21.4 Å². The summed E-state index contributed by atoms with van der Waals surface area (Å²) in [5.74, 6) is -0.938. The van der Waals surface area contributed by atoms with Gasteiger partial charge in [-0.05, 0) is 31.5 Å². The maximum Gasteiger partial charge on any atom is 0.233 e. The standard InChI is InChI=1S/C13H19FN2O2S/c1-3-4-9(2)16-13(17)8-19(18)12-6-5-10(14)7-11(12)15/h5-7,9H,3-4,8,15H2,1-2H3,(H,16,17). The smallest absolute Gasteiger partial charge is 0.233 e. The summed E-state index contributed by atoms with van der Waals surface area (Å²) >= 11 is 0. The molecule has 0 bridgehead atoms. The Hall–Kier alpha value is -1.43. The monoisotopic (exact) mass is 286 g/mol. The molecule has 0 fully saturated rings. The Balaban J connectivity index is 2.62. The first-order valence-corrected chi connectivity index (χ1v) is 7.48. The Kier molecular flexibility index (Phi) is 5.95. The summed E-state index contributed by atoms with van der Waals surface area (Å²) in [5, 5.41) is 2.77. The van der Waals surface area contributed by atoms with Crippen molar-refractivity contribution in [2.75, 3.05) is 11.5 Å². The highest BCUT2D eigenvalue weighted by atomic mass is 32.2. The van der Waals surface area contributed by atoms with E-state index in [4.69, 9.17) is 5.73 Å². The van der Waals surface area contributed by atoms with Crippen molar-refractivity contribution in [1.29, 1.82) is 0 Å². The molecule has 0 heterocycles. The summed E-state index contributed by atoms with van der Waals surface area (Å²) in [6, 6.07) is 3.69. The van der Waals surface area contributed by atoms with Crippen LogP contribution >= 0.6 is 0 Å². The average Bonchev–Trinajstić information content (AvgIpc) is 2.28. The summed E-state index contributed by atoms with van der Waals surface area (Å²) < 4.78 is 24.8. The van der Waals surface area contributed by atoms with Crippen molar-refractivity contribution in [2.24, 2.45) is 0 Å². The van der Waals surface area contributed by atoms with Gasteiger partial charge >= 0.3 is 0 Å². The minimum absolute atomic E-state index is 0.0556. The van der Waals surface area contributed by atoms with Gasteiger partial charge in [-0.15, -0.1) is 0 Å². The molecule has 0 saturated carbocycles. The van der Waals surface area contributed by atoms with Crippen molar-refractivity contribution >= 4 is 22.4 Å². The second kappa shape index (κ2) is 7.23. The highest BCUT2D eigenvalue weighted by Crippen LogP contribution is 2.17. The van der Waals surface area contributed by atoms with Gasteiger partial charge in [0.25, 0.3) is 0 Å². The molecule has 1 aromatic rings. The summed E-state index contributed by atoms with van der Waals surface area (Å²) in [4.78, 5) is 12.0. The van der Waals surface area contributed by atoms with Crippen molar-refractivity contribution in [1.82, 2.24) is 5.32 Å². The largest absolute Gasteiger partial charge is 0.398 e. The van der Waals surface area contributed by atoms with Gasteiger partial charge in [0.2, 0.25) is 5.91 Å². The van der Waals surface area contributed by atoms with E-state index in [1.807, 2.05) is 13.8 Å². The van der Waals surface area contributed by atoms with E-state index in [9.17, 15) is 13.4 Å². The fourth-order valence-electron chi connectivity index (χ4n) is 1.75. The van der Waals surface area contributed by atoms with E-state index in [2.05, 4.69) is 5.32 Å². The molecule has 0 aliphatic heterocycles. The molecule has 106 valence electrons. The molecule has 0 aromatic heterocycles. The molecular formula is C13H19FN2O2S. The average molecular weight is 286 g/mol. The molecule has 1 amide bonds. The van der Waals surface area contributed by atoms with Gasteiger partial charge in [-0.3, -0.25) is 9.00 Å². The lowest BCUT2D eigenvalue weighted by Gasteiger charge is -2.12. The van der Waals surface area contributed by atoms with Gasteiger partial charge in [-0.1, -0.05) is 13.3 Å². The van der Waals surface area contributed by atoms with Crippen LogP contribution in [0.3, 0.4) is 0 Å². The van der Waals surface area contributed by atoms with Crippen LogP contribution < -0.4 is 11.1 Å². The maximum absolute atomic E-state index is 12.9. The molecule has 0 spiro atoms. The predicted octanol–water partition coefficient (Wildman–Crippen LogP) is 1.82. The van der Waals surface area contributed by atoms with E-state index in [0.29, 0.717) is 4.90 Å². The first kappa shape index (κ1) is 15.6. The quantitative estimate of drug-likeness (QED) is 0.784. The molecule has 4 nitrogen and oxygen atoms in total. The van der Waals surface area contributed by atoms with Crippen LogP contribution in [0.15, 0.2) is 23.1 Å². The summed E-state index contributed by atoms with van der Waals surface area (Å²) in [7, 11) is -1.56. The second-order valence-electron chi connectivity index (χ2n) is 4.43. The molecule has 0 saturated heterocycles. The van der Waals surface area contributed by atoms with Crippen molar-refractivity contribution in [3.8, 4) is 0 Å². The zero-order valence-corrected chi connectivity index (χ0v) is 11.9. The highest BCUT2D eigenvalue weighted by Gasteiger charge is 2.14. The number of nitrogens with one attached hydrogen (secondary N) is 1. The summed E-state index contributed by atoms with van der Waals surface area (Å²) in [5.41, 5.74) is 5.69. The van der Waals surface area contributed by atoms with Crippen LogP contribution in [0.25, 0.3) is 0 Å².